The van der Waals surface area contributed by atoms with Crippen molar-refractivity contribution in [2.24, 2.45) is 10.9 Å². The quantitative estimate of drug-likeness (QED) is 0.910. The molecule has 0 saturated carbocycles. The van der Waals surface area contributed by atoms with Crippen molar-refractivity contribution >= 4 is 23.7 Å². The Morgan fingerprint density at radius 3 is 2.78 bits per heavy atom. The number of aliphatic imine (C=N–C) groups is 1. The summed E-state index contributed by atoms with van der Waals surface area (Å²) in [6, 6.07) is 13.5. The molecule has 0 radical (unpaired) electrons. The molecule has 5 nitrogen and oxygen atoms in total. The molecule has 2 amide bonds. The number of rotatable bonds is 3. The predicted octanol–water partition coefficient (Wildman–Crippen LogP) is 3.42. The maximum Gasteiger partial charge on any atom is 0.253 e. The maximum absolute atomic E-state index is 12.9. The van der Waals surface area contributed by atoms with Crippen molar-refractivity contribution in [2.75, 3.05) is 18.4 Å². The fourth-order valence-electron chi connectivity index (χ4n) is 3.68. The van der Waals surface area contributed by atoms with Crippen LogP contribution >= 0.6 is 0 Å². The molecule has 4 rings (SSSR count). The number of anilines is 1. The van der Waals surface area contributed by atoms with Crippen molar-refractivity contribution < 1.29 is 9.59 Å². The molecular formula is C22H23N3O2. The van der Waals surface area contributed by atoms with Crippen LogP contribution in [0.5, 0.6) is 0 Å². The maximum atomic E-state index is 12.9. The first-order chi connectivity index (χ1) is 13.1. The van der Waals surface area contributed by atoms with Gasteiger partial charge in [0.15, 0.2) is 0 Å². The number of piperidine rings is 1. The highest BCUT2D eigenvalue weighted by molar-refractivity contribution is 5.97. The van der Waals surface area contributed by atoms with Crippen LogP contribution in [0.15, 0.2) is 47.5 Å². The first kappa shape index (κ1) is 17.5. The van der Waals surface area contributed by atoms with Crippen LogP contribution < -0.4 is 5.32 Å². The van der Waals surface area contributed by atoms with Crippen LogP contribution in [0.2, 0.25) is 0 Å². The molecule has 27 heavy (non-hydrogen) atoms. The molecule has 1 N–H and O–H groups in total. The van der Waals surface area contributed by atoms with E-state index in [0.29, 0.717) is 25.2 Å². The Labute approximate surface area is 159 Å². The van der Waals surface area contributed by atoms with Gasteiger partial charge in [0, 0.05) is 30.6 Å². The van der Waals surface area contributed by atoms with Gasteiger partial charge in [-0.1, -0.05) is 23.8 Å². The van der Waals surface area contributed by atoms with Crippen molar-refractivity contribution in [2.45, 2.75) is 26.3 Å². The molecular weight excluding hydrogens is 338 g/mol. The third-order valence-corrected chi connectivity index (χ3v) is 5.28. The summed E-state index contributed by atoms with van der Waals surface area (Å²) < 4.78 is 0. The summed E-state index contributed by atoms with van der Waals surface area (Å²) in [5, 5.41) is 2.98. The number of hydrogen-bond donors (Lipinski definition) is 1. The molecule has 2 aliphatic rings. The first-order valence-corrected chi connectivity index (χ1v) is 9.40. The monoisotopic (exact) mass is 361 g/mol. The van der Waals surface area contributed by atoms with Crippen LogP contribution in [0, 0.1) is 12.8 Å². The van der Waals surface area contributed by atoms with E-state index in [1.807, 2.05) is 55.6 Å². The average Bonchev–Trinajstić information content (AvgIpc) is 3.17. The average molecular weight is 361 g/mol. The van der Waals surface area contributed by atoms with Crippen molar-refractivity contribution in [1.29, 1.82) is 0 Å². The van der Waals surface area contributed by atoms with Gasteiger partial charge in [-0.25, -0.2) is 0 Å². The fraction of sp³-hybridized carbons (Fsp3) is 0.318. The molecule has 0 spiro atoms. The number of carbonyl (C=O) groups is 2. The number of nitrogens with one attached hydrogen (secondary N) is 1. The summed E-state index contributed by atoms with van der Waals surface area (Å²) in [5.41, 5.74) is 4.81. The zero-order valence-corrected chi connectivity index (χ0v) is 15.4. The molecule has 1 saturated heterocycles. The highest BCUT2D eigenvalue weighted by Gasteiger charge is 2.29. The number of fused-ring (bicyclic) bond motifs is 1. The van der Waals surface area contributed by atoms with Crippen LogP contribution in [0.4, 0.5) is 5.69 Å². The van der Waals surface area contributed by atoms with E-state index in [0.717, 1.165) is 35.2 Å². The minimum Gasteiger partial charge on any atom is -0.338 e. The van der Waals surface area contributed by atoms with Gasteiger partial charge in [0.05, 0.1) is 12.5 Å². The number of aryl methyl sites for hydroxylation is 1. The third kappa shape index (κ3) is 3.77. The highest BCUT2D eigenvalue weighted by Crippen LogP contribution is 2.23. The smallest absolute Gasteiger partial charge is 0.253 e. The molecule has 0 bridgehead atoms. The van der Waals surface area contributed by atoms with E-state index >= 15 is 0 Å². The van der Waals surface area contributed by atoms with Crippen molar-refractivity contribution in [3.63, 3.8) is 0 Å². The Morgan fingerprint density at radius 1 is 1.15 bits per heavy atom. The largest absolute Gasteiger partial charge is 0.338 e. The summed E-state index contributed by atoms with van der Waals surface area (Å²) >= 11 is 0. The predicted molar refractivity (Wildman–Crippen MR) is 106 cm³/mol. The van der Waals surface area contributed by atoms with Gasteiger partial charge in [-0.05, 0) is 55.2 Å². The number of nitrogens with zero attached hydrogens (tertiary/aromatic N) is 2. The normalized spacial score (nSPS) is 18.3. The van der Waals surface area contributed by atoms with Gasteiger partial charge in [-0.15, -0.1) is 0 Å². The lowest BCUT2D eigenvalue weighted by atomic mass is 9.96. The summed E-state index contributed by atoms with van der Waals surface area (Å²) in [7, 11) is 0. The second-order valence-electron chi connectivity index (χ2n) is 7.33. The lowest BCUT2D eigenvalue weighted by Crippen LogP contribution is -2.43. The van der Waals surface area contributed by atoms with Gasteiger partial charge in [-0.3, -0.25) is 14.6 Å². The molecule has 1 unspecified atom stereocenters. The Hall–Kier alpha value is -2.95. The zero-order valence-electron chi connectivity index (χ0n) is 15.4. The minimum absolute atomic E-state index is 0.00228. The molecule has 138 valence electrons. The lowest BCUT2D eigenvalue weighted by molar-refractivity contribution is -0.121. The van der Waals surface area contributed by atoms with E-state index in [1.54, 1.807) is 4.90 Å². The lowest BCUT2D eigenvalue weighted by Gasteiger charge is -2.32. The second-order valence-corrected chi connectivity index (χ2v) is 7.33. The van der Waals surface area contributed by atoms with Gasteiger partial charge >= 0.3 is 0 Å². The number of benzene rings is 2. The van der Waals surface area contributed by atoms with Gasteiger partial charge in [0.25, 0.3) is 5.91 Å². The van der Waals surface area contributed by atoms with Crippen LogP contribution in [0.25, 0.3) is 0 Å². The molecule has 0 aromatic heterocycles. The molecule has 0 aliphatic carbocycles. The Bertz CT molecular complexity index is 902. The fourth-order valence-corrected chi connectivity index (χ4v) is 3.68. The Balaban J connectivity index is 1.42. The minimum atomic E-state index is -0.179. The summed E-state index contributed by atoms with van der Waals surface area (Å²) in [5.74, 6) is -0.196. The van der Waals surface area contributed by atoms with E-state index < -0.39 is 0 Å². The van der Waals surface area contributed by atoms with Gasteiger partial charge in [0.1, 0.15) is 0 Å². The number of amides is 2. The van der Waals surface area contributed by atoms with E-state index in [4.69, 9.17) is 0 Å². The third-order valence-electron chi connectivity index (χ3n) is 5.28. The van der Waals surface area contributed by atoms with Gasteiger partial charge in [0.2, 0.25) is 5.91 Å². The summed E-state index contributed by atoms with van der Waals surface area (Å²) in [6.07, 6.45) is 3.49. The standard InChI is InChI=1S/C22H23N3O2/c1-15-4-8-20(9-5-15)24-21(26)18-3-2-10-25(14-18)22(27)16-6-7-17-12-23-13-19(17)11-16/h4-9,11-12,18H,2-3,10,13-14H2,1H3,(H,24,26). The van der Waals surface area contributed by atoms with E-state index in [1.165, 1.54) is 0 Å². The number of likely N-dealkylation sites (tertiary alicyclic amines) is 1. The van der Waals surface area contributed by atoms with Crippen LogP contribution in [0.3, 0.4) is 0 Å². The van der Waals surface area contributed by atoms with E-state index in [-0.39, 0.29) is 17.7 Å². The molecule has 2 aliphatic heterocycles. The van der Waals surface area contributed by atoms with E-state index in [9.17, 15) is 9.59 Å². The van der Waals surface area contributed by atoms with Crippen LogP contribution in [-0.4, -0.2) is 36.0 Å². The molecule has 1 atom stereocenters. The molecule has 2 aromatic rings. The van der Waals surface area contributed by atoms with Gasteiger partial charge in [-0.2, -0.15) is 0 Å². The van der Waals surface area contributed by atoms with Crippen LogP contribution in [-0.2, 0) is 11.3 Å². The highest BCUT2D eigenvalue weighted by atomic mass is 16.2. The Kier molecular flexibility index (Phi) is 4.75. The SMILES string of the molecule is Cc1ccc(NC(=O)C2CCCN(C(=O)c3ccc4c(c3)CN=C4)C2)cc1. The number of hydrogen-bond acceptors (Lipinski definition) is 3. The Morgan fingerprint density at radius 2 is 1.96 bits per heavy atom. The van der Waals surface area contributed by atoms with Crippen molar-refractivity contribution in [1.82, 2.24) is 4.90 Å². The first-order valence-electron chi connectivity index (χ1n) is 9.40. The molecule has 2 heterocycles. The molecule has 2 aromatic carbocycles. The second kappa shape index (κ2) is 7.35. The zero-order chi connectivity index (χ0) is 18.8. The van der Waals surface area contributed by atoms with Crippen molar-refractivity contribution in [3.05, 3.63) is 64.7 Å². The summed E-state index contributed by atoms with van der Waals surface area (Å²) in [6.45, 7) is 3.81. The van der Waals surface area contributed by atoms with E-state index in [2.05, 4.69) is 10.3 Å². The molecule has 1 fully saturated rings. The van der Waals surface area contributed by atoms with Crippen molar-refractivity contribution in [3.8, 4) is 0 Å². The van der Waals surface area contributed by atoms with Crippen LogP contribution in [0.1, 0.15) is 39.9 Å². The summed E-state index contributed by atoms with van der Waals surface area (Å²) in [4.78, 5) is 31.6. The van der Waals surface area contributed by atoms with Gasteiger partial charge < -0.3 is 10.2 Å². The number of carbonyl (C=O) groups excluding carboxylic acids is 2. The molecule has 5 heteroatoms. The topological polar surface area (TPSA) is 61.8 Å².